The smallest absolute Gasteiger partial charge is 0.223 e. The lowest BCUT2D eigenvalue weighted by Gasteiger charge is -2.38. The lowest BCUT2D eigenvalue weighted by atomic mass is 10.0. The topological polar surface area (TPSA) is 124 Å². The third kappa shape index (κ3) is 6.04. The highest BCUT2D eigenvalue weighted by atomic mass is 16.5. The number of fused-ring (bicyclic) bond motifs is 1. The van der Waals surface area contributed by atoms with Crippen LogP contribution < -0.4 is 35.9 Å². The standard InChI is InChI=1S/C30H37N7O3/c1-38-23-6-5-21-17-22(18-26(24(21)19-23)36-12-14-37(15-13-36)29(31)32)25-9-11-34-30(35-25)33-10-8-20-4-7-27(39-2)28(16-20)40-3/h4-7,9,11,16-19,29H,8,10,12-15,31-32H2,1-3H3,(H,33,34,35). The predicted octanol–water partition coefficient (Wildman–Crippen LogP) is 3.30. The molecule has 5 rings (SSSR count). The summed E-state index contributed by atoms with van der Waals surface area (Å²) in [6, 6.07) is 18.4. The summed E-state index contributed by atoms with van der Waals surface area (Å²) in [5, 5.41) is 5.62. The second-order valence-electron chi connectivity index (χ2n) is 9.73. The second kappa shape index (κ2) is 12.4. The zero-order chi connectivity index (χ0) is 28.1. The number of piperazine rings is 1. The molecular formula is C30H37N7O3. The molecule has 0 aliphatic carbocycles. The first kappa shape index (κ1) is 27.4. The van der Waals surface area contributed by atoms with Gasteiger partial charge in [-0.05, 0) is 59.8 Å². The summed E-state index contributed by atoms with van der Waals surface area (Å²) >= 11 is 0. The van der Waals surface area contributed by atoms with Crippen molar-refractivity contribution in [1.82, 2.24) is 14.9 Å². The van der Waals surface area contributed by atoms with Gasteiger partial charge in [0, 0.05) is 55.6 Å². The van der Waals surface area contributed by atoms with Crippen molar-refractivity contribution in [1.29, 1.82) is 0 Å². The molecule has 0 unspecified atom stereocenters. The van der Waals surface area contributed by atoms with E-state index in [9.17, 15) is 0 Å². The number of nitrogens with zero attached hydrogens (tertiary/aromatic N) is 4. The average molecular weight is 544 g/mol. The summed E-state index contributed by atoms with van der Waals surface area (Å²) < 4.78 is 16.3. The molecule has 1 fully saturated rings. The van der Waals surface area contributed by atoms with Crippen molar-refractivity contribution in [3.8, 4) is 28.5 Å². The van der Waals surface area contributed by atoms with Crippen LogP contribution in [0.25, 0.3) is 22.0 Å². The van der Waals surface area contributed by atoms with Gasteiger partial charge in [0.05, 0.1) is 27.0 Å². The summed E-state index contributed by atoms with van der Waals surface area (Å²) in [6.07, 6.45) is 2.14. The minimum Gasteiger partial charge on any atom is -0.497 e. The number of aromatic nitrogens is 2. The molecule has 210 valence electrons. The monoisotopic (exact) mass is 543 g/mol. The molecule has 0 atom stereocenters. The Hall–Kier alpha value is -4.12. The van der Waals surface area contributed by atoms with Gasteiger partial charge in [-0.25, -0.2) is 9.97 Å². The molecule has 4 aromatic rings. The molecule has 1 aliphatic rings. The zero-order valence-electron chi connectivity index (χ0n) is 23.3. The van der Waals surface area contributed by atoms with E-state index in [1.807, 2.05) is 30.3 Å². The molecule has 0 spiro atoms. The number of hydrogen-bond acceptors (Lipinski definition) is 10. The van der Waals surface area contributed by atoms with Crippen LogP contribution in [-0.4, -0.2) is 75.2 Å². The van der Waals surface area contributed by atoms with E-state index >= 15 is 0 Å². The van der Waals surface area contributed by atoms with Crippen LogP contribution in [0.1, 0.15) is 5.56 Å². The molecule has 0 bridgehead atoms. The Kier molecular flexibility index (Phi) is 8.49. The van der Waals surface area contributed by atoms with E-state index in [4.69, 9.17) is 30.7 Å². The van der Waals surface area contributed by atoms with E-state index in [-0.39, 0.29) is 0 Å². The van der Waals surface area contributed by atoms with Crippen LogP contribution in [0.4, 0.5) is 11.6 Å². The van der Waals surface area contributed by atoms with Gasteiger partial charge >= 0.3 is 0 Å². The zero-order valence-corrected chi connectivity index (χ0v) is 23.3. The van der Waals surface area contributed by atoms with E-state index in [0.29, 0.717) is 18.2 Å². The van der Waals surface area contributed by atoms with Crippen molar-refractivity contribution >= 4 is 22.4 Å². The van der Waals surface area contributed by atoms with Crippen molar-refractivity contribution < 1.29 is 14.2 Å². The van der Waals surface area contributed by atoms with Crippen LogP contribution in [0.2, 0.25) is 0 Å². The van der Waals surface area contributed by atoms with E-state index < -0.39 is 6.29 Å². The molecule has 10 heteroatoms. The molecule has 2 heterocycles. The molecule has 3 aromatic carbocycles. The Morgan fingerprint density at radius 1 is 0.875 bits per heavy atom. The molecule has 5 N–H and O–H groups in total. The number of ether oxygens (including phenoxy) is 3. The van der Waals surface area contributed by atoms with E-state index in [2.05, 4.69) is 44.4 Å². The number of nitrogens with one attached hydrogen (secondary N) is 1. The van der Waals surface area contributed by atoms with E-state index in [1.165, 1.54) is 0 Å². The number of hydrogen-bond donors (Lipinski definition) is 3. The van der Waals surface area contributed by atoms with Crippen LogP contribution in [0, 0.1) is 0 Å². The van der Waals surface area contributed by atoms with Gasteiger partial charge in [0.15, 0.2) is 11.5 Å². The molecule has 1 aromatic heterocycles. The van der Waals surface area contributed by atoms with Gasteiger partial charge < -0.3 is 35.9 Å². The molecule has 0 radical (unpaired) electrons. The van der Waals surface area contributed by atoms with Crippen LogP contribution >= 0.6 is 0 Å². The molecule has 1 aliphatic heterocycles. The Morgan fingerprint density at radius 3 is 2.40 bits per heavy atom. The van der Waals surface area contributed by atoms with Crippen LogP contribution in [0.5, 0.6) is 17.2 Å². The van der Waals surface area contributed by atoms with Gasteiger partial charge in [0.1, 0.15) is 12.0 Å². The maximum Gasteiger partial charge on any atom is 0.223 e. The van der Waals surface area contributed by atoms with Gasteiger partial charge in [0.25, 0.3) is 0 Å². The quantitative estimate of drug-likeness (QED) is 0.257. The third-order valence-electron chi connectivity index (χ3n) is 7.31. The SMILES string of the molecule is COc1ccc2cc(-c3ccnc(NCCc4ccc(OC)c(OC)c4)n3)cc(N3CCN(C(N)N)CC3)c2c1. The summed E-state index contributed by atoms with van der Waals surface area (Å²) in [5.74, 6) is 2.84. The lowest BCUT2D eigenvalue weighted by Crippen LogP contribution is -2.56. The molecule has 1 saturated heterocycles. The van der Waals surface area contributed by atoms with Gasteiger partial charge in [0.2, 0.25) is 5.95 Å². The molecule has 10 nitrogen and oxygen atoms in total. The maximum atomic E-state index is 5.92. The number of nitrogens with two attached hydrogens (primary N) is 2. The molecule has 40 heavy (non-hydrogen) atoms. The highest BCUT2D eigenvalue weighted by molar-refractivity contribution is 5.98. The Balaban J connectivity index is 1.38. The minimum atomic E-state index is -0.441. The van der Waals surface area contributed by atoms with Crippen LogP contribution in [0.3, 0.4) is 0 Å². The Bertz CT molecular complexity index is 1450. The van der Waals surface area contributed by atoms with Gasteiger partial charge in [-0.1, -0.05) is 12.1 Å². The first-order valence-corrected chi connectivity index (χ1v) is 13.4. The Morgan fingerprint density at radius 2 is 1.68 bits per heavy atom. The third-order valence-corrected chi connectivity index (χ3v) is 7.31. The van der Waals surface area contributed by atoms with E-state index in [1.54, 1.807) is 27.5 Å². The maximum absolute atomic E-state index is 5.92. The fraction of sp³-hybridized carbons (Fsp3) is 0.333. The van der Waals surface area contributed by atoms with Gasteiger partial charge in [-0.2, -0.15) is 0 Å². The van der Waals surface area contributed by atoms with Crippen molar-refractivity contribution in [2.75, 3.05) is 64.3 Å². The average Bonchev–Trinajstić information content (AvgIpc) is 3.00. The first-order chi connectivity index (χ1) is 19.5. The predicted molar refractivity (Wildman–Crippen MR) is 159 cm³/mol. The Labute approximate surface area is 234 Å². The number of rotatable bonds is 10. The highest BCUT2D eigenvalue weighted by Crippen LogP contribution is 2.35. The fourth-order valence-corrected chi connectivity index (χ4v) is 5.07. The number of methoxy groups -OCH3 is 3. The molecular weight excluding hydrogens is 506 g/mol. The number of benzene rings is 3. The first-order valence-electron chi connectivity index (χ1n) is 13.4. The van der Waals surface area contributed by atoms with Gasteiger partial charge in [-0.3, -0.25) is 4.90 Å². The van der Waals surface area contributed by atoms with Gasteiger partial charge in [-0.15, -0.1) is 0 Å². The fourth-order valence-electron chi connectivity index (χ4n) is 5.07. The second-order valence-corrected chi connectivity index (χ2v) is 9.73. The highest BCUT2D eigenvalue weighted by Gasteiger charge is 2.22. The van der Waals surface area contributed by atoms with Crippen molar-refractivity contribution in [3.63, 3.8) is 0 Å². The van der Waals surface area contributed by atoms with Crippen molar-refractivity contribution in [3.05, 3.63) is 66.4 Å². The summed E-state index contributed by atoms with van der Waals surface area (Å²) in [5.41, 5.74) is 16.0. The molecule has 0 saturated carbocycles. The van der Waals surface area contributed by atoms with E-state index in [0.717, 1.165) is 77.4 Å². The summed E-state index contributed by atoms with van der Waals surface area (Å²) in [6.45, 7) is 3.93. The van der Waals surface area contributed by atoms with Crippen molar-refractivity contribution in [2.45, 2.75) is 12.7 Å². The van der Waals surface area contributed by atoms with Crippen molar-refractivity contribution in [2.24, 2.45) is 11.5 Å². The minimum absolute atomic E-state index is 0.441. The summed E-state index contributed by atoms with van der Waals surface area (Å²) in [4.78, 5) is 13.8. The number of anilines is 2. The normalized spacial score (nSPS) is 14.0. The van der Waals surface area contributed by atoms with Crippen LogP contribution in [0.15, 0.2) is 60.8 Å². The van der Waals surface area contributed by atoms with Crippen LogP contribution in [-0.2, 0) is 6.42 Å². The summed E-state index contributed by atoms with van der Waals surface area (Å²) in [7, 11) is 4.97. The largest absolute Gasteiger partial charge is 0.497 e. The molecule has 0 amide bonds. The lowest BCUT2D eigenvalue weighted by molar-refractivity contribution is 0.193.